The largest absolute Gasteiger partial charge is 0.308 e. The Labute approximate surface area is 413 Å². The first-order valence-corrected chi connectivity index (χ1v) is 27.4. The van der Waals surface area contributed by atoms with E-state index in [1.165, 1.54) is 100 Å². The maximum absolute atomic E-state index is 15.4. The second-order valence-electron chi connectivity index (χ2n) is 29.3. The van der Waals surface area contributed by atoms with Crippen LogP contribution in [0.2, 0.25) is 0 Å². The van der Waals surface area contributed by atoms with Gasteiger partial charge in [-0.3, -0.25) is 9.59 Å². The van der Waals surface area contributed by atoms with Gasteiger partial charge in [-0.1, -0.05) is 96.9 Å². The van der Waals surface area contributed by atoms with Gasteiger partial charge in [-0.2, -0.15) is 0 Å². The minimum atomic E-state index is -0.343. The molecule has 17 rings (SSSR count). The SMILES string of the molecule is CC(C)(C)c1cc2c3cc4c(cc3n3c5cc6c7cc(C(C)(C)C)cc8c9cc%10c(cc9n(c6cc5c(c1)c23)c87)C(=O)C1(C)CCC%10(C)C2C1CCC2(C)C)C(=O)C1(C)CCC4(C)C2C1CCC2(C)C. The van der Waals surface area contributed by atoms with E-state index >= 15 is 9.59 Å². The van der Waals surface area contributed by atoms with Gasteiger partial charge in [0, 0.05) is 65.0 Å². The number of hydrogen-bond acceptors (Lipinski definition) is 2. The molecule has 8 aliphatic carbocycles. The predicted octanol–water partition coefficient (Wildman–Crippen LogP) is 17.2. The van der Waals surface area contributed by atoms with Crippen molar-refractivity contribution in [3.8, 4) is 0 Å². The first kappa shape index (κ1) is 42.7. The number of carbonyl (C=O) groups is 2. The molecule has 8 atom stereocenters. The summed E-state index contributed by atoms with van der Waals surface area (Å²) < 4.78 is 5.12. The van der Waals surface area contributed by atoms with Crippen LogP contribution in [-0.2, 0) is 21.7 Å². The lowest BCUT2D eigenvalue weighted by molar-refractivity contribution is -0.000944. The highest BCUT2D eigenvalue weighted by atomic mass is 16.1. The lowest BCUT2D eigenvalue weighted by Gasteiger charge is -2.52. The summed E-state index contributed by atoms with van der Waals surface area (Å²) in [6, 6.07) is 24.8. The lowest BCUT2D eigenvalue weighted by atomic mass is 9.51. The van der Waals surface area contributed by atoms with Crippen molar-refractivity contribution in [2.75, 3.05) is 0 Å². The molecule has 4 nitrogen and oxygen atoms in total. The van der Waals surface area contributed by atoms with Crippen LogP contribution in [0.5, 0.6) is 0 Å². The van der Waals surface area contributed by atoms with E-state index in [1.54, 1.807) is 0 Å². The molecule has 0 saturated heterocycles. The summed E-state index contributed by atoms with van der Waals surface area (Å²) in [6.45, 7) is 33.8. The van der Waals surface area contributed by atoms with Crippen LogP contribution in [0.1, 0.15) is 191 Å². The van der Waals surface area contributed by atoms with Crippen LogP contribution in [0, 0.1) is 45.3 Å². The Morgan fingerprint density at radius 2 is 0.714 bits per heavy atom. The van der Waals surface area contributed by atoms with Gasteiger partial charge in [0.1, 0.15) is 0 Å². The standard InChI is InChI=1S/C66H72N2O2/c1-59(2,3)33-23-39-35-27-47-43(57(69)65(13)21-19-63(47,11)55-45(65)15-17-61(55,7)8)31-51(35)67-49-30-38-42-26-34(60(4,5)6)24-40-36-28-48-44(32-52(36)68(54(40)42)50(38)29-37(49)41(25-33)53(39)67)58(70)66(14)22-20-64(48,12)56-46(66)16-18-62(56,9)10/h23-32,45-46,55-56H,15-22H2,1-14H3. The van der Waals surface area contributed by atoms with E-state index in [2.05, 4.69) is 166 Å². The Hall–Kier alpha value is -4.96. The van der Waals surface area contributed by atoms with Crippen molar-refractivity contribution in [1.29, 1.82) is 0 Å². The fraction of sp³-hybridized carbons (Fsp3) is 0.515. The van der Waals surface area contributed by atoms with E-state index in [1.807, 2.05) is 0 Å². The topological polar surface area (TPSA) is 43.0 Å². The number of nitrogens with zero attached hydrogens (tertiary/aromatic N) is 2. The van der Waals surface area contributed by atoms with Crippen LogP contribution < -0.4 is 0 Å². The third kappa shape index (κ3) is 4.63. The third-order valence-electron chi connectivity index (χ3n) is 22.7. The minimum absolute atomic E-state index is 0.0607. The summed E-state index contributed by atoms with van der Waals surface area (Å²) in [4.78, 5) is 30.9. The van der Waals surface area contributed by atoms with E-state index in [9.17, 15) is 0 Å². The number of hydrogen-bond donors (Lipinski definition) is 0. The quantitative estimate of drug-likeness (QED) is 0.152. The number of fused-ring (bicyclic) bond motifs is 14. The molecule has 70 heavy (non-hydrogen) atoms. The molecule has 9 aromatic rings. The summed E-state index contributed by atoms with van der Waals surface area (Å²) in [5.41, 5.74) is 13.9. The smallest absolute Gasteiger partial charge is 0.169 e. The van der Waals surface area contributed by atoms with Gasteiger partial charge in [-0.25, -0.2) is 0 Å². The van der Waals surface area contributed by atoms with Gasteiger partial charge in [-0.05, 0) is 190 Å². The van der Waals surface area contributed by atoms with Crippen LogP contribution in [-0.4, -0.2) is 20.4 Å². The molecular formula is C66H72N2O2. The number of benzene rings is 5. The van der Waals surface area contributed by atoms with E-state index in [0.717, 1.165) is 60.7 Å². The maximum Gasteiger partial charge on any atom is 0.169 e. The average molecular weight is 925 g/mol. The summed E-state index contributed by atoms with van der Waals surface area (Å²) in [6.07, 6.45) is 8.76. The first-order chi connectivity index (χ1) is 32.7. The molecule has 0 amide bonds. The highest BCUT2D eigenvalue weighted by Crippen LogP contribution is 2.71. The van der Waals surface area contributed by atoms with Crippen LogP contribution in [0.4, 0.5) is 0 Å². The zero-order valence-corrected chi connectivity index (χ0v) is 44.5. The molecule has 0 N–H and O–H groups in total. The van der Waals surface area contributed by atoms with Crippen molar-refractivity contribution in [1.82, 2.24) is 8.80 Å². The van der Waals surface area contributed by atoms with Crippen molar-refractivity contribution in [2.24, 2.45) is 45.3 Å². The second kappa shape index (κ2) is 12.1. The normalized spacial score (nSPS) is 32.5. The molecule has 0 aliphatic heterocycles. The molecule has 8 aliphatic rings. The summed E-state index contributed by atoms with van der Waals surface area (Å²) in [5.74, 6) is 2.53. The van der Waals surface area contributed by atoms with Crippen molar-refractivity contribution < 1.29 is 9.59 Å². The van der Waals surface area contributed by atoms with E-state index in [-0.39, 0.29) is 43.3 Å². The molecule has 4 saturated carbocycles. The summed E-state index contributed by atoms with van der Waals surface area (Å²) in [5, 5.41) is 10.2. The fourth-order valence-corrected chi connectivity index (χ4v) is 19.1. The highest BCUT2D eigenvalue weighted by Gasteiger charge is 2.66. The van der Waals surface area contributed by atoms with Gasteiger partial charge in [0.05, 0.1) is 33.1 Å². The minimum Gasteiger partial charge on any atom is -0.308 e. The van der Waals surface area contributed by atoms with Crippen molar-refractivity contribution in [3.63, 3.8) is 0 Å². The van der Waals surface area contributed by atoms with Crippen molar-refractivity contribution >= 4 is 87.8 Å². The monoisotopic (exact) mass is 925 g/mol. The number of rotatable bonds is 0. The molecule has 8 unspecified atom stereocenters. The van der Waals surface area contributed by atoms with Crippen LogP contribution in [0.15, 0.2) is 60.7 Å². The number of ketones is 2. The molecule has 0 radical (unpaired) electrons. The van der Waals surface area contributed by atoms with E-state index in [0.29, 0.717) is 35.2 Å². The third-order valence-corrected chi connectivity index (χ3v) is 22.7. The molecule has 4 bridgehead atoms. The Kier molecular flexibility index (Phi) is 7.38. The average Bonchev–Trinajstić information content (AvgIpc) is 4.11. The Balaban J connectivity index is 1.07. The molecule has 4 heteroatoms. The first-order valence-electron chi connectivity index (χ1n) is 27.4. The second-order valence-corrected chi connectivity index (χ2v) is 29.3. The molecule has 4 heterocycles. The van der Waals surface area contributed by atoms with Gasteiger partial charge in [0.15, 0.2) is 11.6 Å². The van der Waals surface area contributed by atoms with Crippen molar-refractivity contribution in [2.45, 2.75) is 170 Å². The fourth-order valence-electron chi connectivity index (χ4n) is 19.1. The van der Waals surface area contributed by atoms with Crippen molar-refractivity contribution in [3.05, 3.63) is 94.0 Å². The maximum atomic E-state index is 15.4. The van der Waals surface area contributed by atoms with Gasteiger partial charge < -0.3 is 8.80 Å². The molecule has 4 fully saturated rings. The summed E-state index contributed by atoms with van der Waals surface area (Å²) >= 11 is 0. The van der Waals surface area contributed by atoms with E-state index in [4.69, 9.17) is 0 Å². The number of carbonyl (C=O) groups excluding carboxylic acids is 2. The molecule has 0 spiro atoms. The number of Topliss-reactive ketones (excluding diaryl/α,β-unsaturated/α-hetero) is 2. The number of aromatic nitrogens is 2. The molecular weight excluding hydrogens is 853 g/mol. The predicted molar refractivity (Wildman–Crippen MR) is 291 cm³/mol. The summed E-state index contributed by atoms with van der Waals surface area (Å²) in [7, 11) is 0. The zero-order chi connectivity index (χ0) is 48.9. The molecule has 5 aromatic carbocycles. The molecule has 358 valence electrons. The van der Waals surface area contributed by atoms with Gasteiger partial charge in [-0.15, -0.1) is 0 Å². The van der Waals surface area contributed by atoms with Gasteiger partial charge in [0.25, 0.3) is 0 Å². The Morgan fingerprint density at radius 3 is 1.06 bits per heavy atom. The van der Waals surface area contributed by atoms with Crippen LogP contribution in [0.25, 0.3) is 76.2 Å². The molecule has 4 aromatic heterocycles. The van der Waals surface area contributed by atoms with Gasteiger partial charge >= 0.3 is 0 Å². The van der Waals surface area contributed by atoms with Crippen LogP contribution >= 0.6 is 0 Å². The van der Waals surface area contributed by atoms with Gasteiger partial charge in [0.2, 0.25) is 0 Å². The Morgan fingerprint density at radius 1 is 0.400 bits per heavy atom. The Bertz CT molecular complexity index is 3690. The zero-order valence-electron chi connectivity index (χ0n) is 44.5. The highest BCUT2D eigenvalue weighted by molar-refractivity contribution is 6.30. The van der Waals surface area contributed by atoms with E-state index < -0.39 is 0 Å². The van der Waals surface area contributed by atoms with Crippen LogP contribution in [0.3, 0.4) is 0 Å². The lowest BCUT2D eigenvalue weighted by Crippen LogP contribution is -2.50.